The fraction of sp³-hybridized carbons (Fsp3) is 0.685. The fourth-order valence-electron chi connectivity index (χ4n) is 9.04. The van der Waals surface area contributed by atoms with Crippen molar-refractivity contribution in [3.63, 3.8) is 0 Å². The molecule has 0 aliphatic rings. The first kappa shape index (κ1) is 74.8. The first-order chi connectivity index (χ1) is 39.0. The van der Waals surface area contributed by atoms with Gasteiger partial charge in [-0.3, -0.25) is 14.4 Å². The van der Waals surface area contributed by atoms with E-state index in [-0.39, 0.29) is 37.5 Å². The van der Waals surface area contributed by atoms with Gasteiger partial charge in [0.25, 0.3) is 0 Å². The Morgan fingerprint density at radius 2 is 0.494 bits per heavy atom. The van der Waals surface area contributed by atoms with E-state index in [2.05, 4.69) is 142 Å². The van der Waals surface area contributed by atoms with Crippen molar-refractivity contribution >= 4 is 17.9 Å². The molecule has 0 aromatic rings. The third kappa shape index (κ3) is 64.5. The van der Waals surface area contributed by atoms with Crippen LogP contribution < -0.4 is 0 Å². The van der Waals surface area contributed by atoms with Crippen molar-refractivity contribution in [2.24, 2.45) is 0 Å². The van der Waals surface area contributed by atoms with Crippen LogP contribution in [0.4, 0.5) is 0 Å². The molecule has 0 aromatic heterocycles. The van der Waals surface area contributed by atoms with Crippen molar-refractivity contribution in [2.75, 3.05) is 13.2 Å². The quantitative estimate of drug-likeness (QED) is 0.0261. The SMILES string of the molecule is CC/C=C\C/C=C\C/C=C\C/C=C\C/C=C\CCCCCC(=O)OC(COC(=O)CCCCCCCC/C=C\C/C=C\C/C=C\C/C=C\CC)COC(=O)CCCCCCCCCCCCC/C=C\CCCCCCCCCC. The topological polar surface area (TPSA) is 78.9 Å². The fourth-order valence-corrected chi connectivity index (χ4v) is 9.04. The average molecular weight is 1100 g/mol. The number of unbranched alkanes of at least 4 members (excludes halogenated alkanes) is 28. The zero-order valence-electron chi connectivity index (χ0n) is 51.6. The van der Waals surface area contributed by atoms with Crippen molar-refractivity contribution in [1.82, 2.24) is 0 Å². The van der Waals surface area contributed by atoms with Gasteiger partial charge in [-0.05, 0) is 128 Å². The summed E-state index contributed by atoms with van der Waals surface area (Å²) >= 11 is 0. The summed E-state index contributed by atoms with van der Waals surface area (Å²) in [6.45, 7) is 6.40. The summed E-state index contributed by atoms with van der Waals surface area (Å²) in [5.41, 5.74) is 0. The number of carbonyl (C=O) groups is 3. The van der Waals surface area contributed by atoms with Crippen LogP contribution in [0.15, 0.2) is 122 Å². The van der Waals surface area contributed by atoms with Gasteiger partial charge in [0.1, 0.15) is 13.2 Å². The van der Waals surface area contributed by atoms with E-state index in [0.29, 0.717) is 12.8 Å². The number of allylic oxidation sites excluding steroid dienone is 20. The number of ether oxygens (including phenoxy) is 3. The van der Waals surface area contributed by atoms with Crippen LogP contribution in [-0.2, 0) is 28.6 Å². The van der Waals surface area contributed by atoms with Crippen molar-refractivity contribution in [3.8, 4) is 0 Å². The lowest BCUT2D eigenvalue weighted by Gasteiger charge is -2.18. The van der Waals surface area contributed by atoms with E-state index in [4.69, 9.17) is 14.2 Å². The molecule has 0 spiro atoms. The van der Waals surface area contributed by atoms with Gasteiger partial charge < -0.3 is 14.2 Å². The molecule has 79 heavy (non-hydrogen) atoms. The Balaban J connectivity index is 4.45. The second-order valence-corrected chi connectivity index (χ2v) is 21.6. The van der Waals surface area contributed by atoms with Gasteiger partial charge in [-0.15, -0.1) is 0 Å². The van der Waals surface area contributed by atoms with Gasteiger partial charge in [0.2, 0.25) is 0 Å². The molecule has 0 aromatic carbocycles. The van der Waals surface area contributed by atoms with Gasteiger partial charge in [-0.2, -0.15) is 0 Å². The summed E-state index contributed by atoms with van der Waals surface area (Å²) in [6.07, 6.45) is 92.1. The highest BCUT2D eigenvalue weighted by molar-refractivity contribution is 5.71. The minimum atomic E-state index is -0.807. The first-order valence-electron chi connectivity index (χ1n) is 33.0. The van der Waals surface area contributed by atoms with E-state index < -0.39 is 6.10 Å². The maximum absolute atomic E-state index is 12.9. The average Bonchev–Trinajstić information content (AvgIpc) is 3.45. The molecule has 0 saturated heterocycles. The third-order valence-corrected chi connectivity index (χ3v) is 13.9. The molecule has 1 unspecified atom stereocenters. The van der Waals surface area contributed by atoms with Gasteiger partial charge >= 0.3 is 17.9 Å². The Morgan fingerprint density at radius 3 is 0.797 bits per heavy atom. The molecule has 0 N–H and O–H groups in total. The van der Waals surface area contributed by atoms with Crippen LogP contribution in [0.3, 0.4) is 0 Å². The Bertz CT molecular complexity index is 1640. The van der Waals surface area contributed by atoms with Crippen LogP contribution >= 0.6 is 0 Å². The Kier molecular flexibility index (Phi) is 62.8. The molecular formula is C73H122O6. The molecule has 0 aliphatic heterocycles. The van der Waals surface area contributed by atoms with Gasteiger partial charge in [-0.1, -0.05) is 277 Å². The zero-order chi connectivity index (χ0) is 57.1. The minimum Gasteiger partial charge on any atom is -0.462 e. The van der Waals surface area contributed by atoms with Crippen molar-refractivity contribution in [2.45, 2.75) is 309 Å². The lowest BCUT2D eigenvalue weighted by molar-refractivity contribution is -0.167. The molecule has 0 saturated carbocycles. The summed E-state index contributed by atoms with van der Waals surface area (Å²) in [4.78, 5) is 38.4. The number of hydrogen-bond donors (Lipinski definition) is 0. The van der Waals surface area contributed by atoms with Gasteiger partial charge in [0.15, 0.2) is 6.10 Å². The van der Waals surface area contributed by atoms with E-state index in [1.165, 1.54) is 128 Å². The Labute approximate surface area is 488 Å². The van der Waals surface area contributed by atoms with E-state index in [9.17, 15) is 14.4 Å². The first-order valence-corrected chi connectivity index (χ1v) is 33.0. The predicted molar refractivity (Wildman–Crippen MR) is 343 cm³/mol. The predicted octanol–water partition coefficient (Wildman–Crippen LogP) is 22.8. The van der Waals surface area contributed by atoms with Crippen LogP contribution in [0.2, 0.25) is 0 Å². The van der Waals surface area contributed by atoms with Crippen molar-refractivity contribution in [1.29, 1.82) is 0 Å². The van der Waals surface area contributed by atoms with Crippen molar-refractivity contribution < 1.29 is 28.6 Å². The molecular weight excluding hydrogens is 973 g/mol. The maximum Gasteiger partial charge on any atom is 0.306 e. The van der Waals surface area contributed by atoms with Gasteiger partial charge in [0, 0.05) is 19.3 Å². The molecule has 6 nitrogen and oxygen atoms in total. The normalized spacial score (nSPS) is 12.9. The molecule has 0 heterocycles. The van der Waals surface area contributed by atoms with Gasteiger partial charge in [0.05, 0.1) is 0 Å². The largest absolute Gasteiger partial charge is 0.462 e. The number of esters is 3. The van der Waals surface area contributed by atoms with Crippen molar-refractivity contribution in [3.05, 3.63) is 122 Å². The van der Waals surface area contributed by atoms with Crippen LogP contribution in [0, 0.1) is 0 Å². The summed E-state index contributed by atoms with van der Waals surface area (Å²) in [6, 6.07) is 0. The van der Waals surface area contributed by atoms with E-state index in [0.717, 1.165) is 135 Å². The minimum absolute atomic E-state index is 0.0983. The molecule has 0 bridgehead atoms. The number of carbonyl (C=O) groups excluding carboxylic acids is 3. The summed E-state index contributed by atoms with van der Waals surface area (Å²) in [5.74, 6) is -0.939. The second kappa shape index (κ2) is 66.3. The van der Waals surface area contributed by atoms with Crippen LogP contribution in [-0.4, -0.2) is 37.2 Å². The monoisotopic (exact) mass is 1090 g/mol. The highest BCUT2D eigenvalue weighted by Crippen LogP contribution is 2.16. The van der Waals surface area contributed by atoms with E-state index >= 15 is 0 Å². The van der Waals surface area contributed by atoms with Crippen LogP contribution in [0.25, 0.3) is 0 Å². The number of rotatable bonds is 59. The standard InChI is InChI=1S/C73H122O6/c1-4-7-10-13-16-19-22-25-28-31-34-35-36-37-40-42-45-48-51-54-57-60-63-66-72(75)78-69-70(79-73(76)67-64-61-58-55-52-49-46-43-39-33-30-27-24-21-18-15-12-9-6-3)68-77-71(74)65-62-59-56-53-50-47-44-41-38-32-29-26-23-20-17-14-11-8-5-2/h8-9,11-12,17-18,20-21,26-27,29-31,34,38-39,41,43,49,52,70H,4-7,10,13-16,19,22-25,28,32-33,35-37,40,42,44-48,50-51,53-69H2,1-3H3/b11-8-,12-9-,20-17-,21-18-,29-26-,30-27-,34-31-,41-38-,43-39-,52-49-. The maximum atomic E-state index is 12.9. The molecule has 0 rings (SSSR count). The summed E-state index contributed by atoms with van der Waals surface area (Å²) < 4.78 is 16.9. The Hall–Kier alpha value is -4.19. The second-order valence-electron chi connectivity index (χ2n) is 21.6. The lowest BCUT2D eigenvalue weighted by atomic mass is 10.0. The van der Waals surface area contributed by atoms with E-state index in [1.54, 1.807) is 0 Å². The van der Waals surface area contributed by atoms with Crippen LogP contribution in [0.1, 0.15) is 303 Å². The summed E-state index contributed by atoms with van der Waals surface area (Å²) in [5, 5.41) is 0. The smallest absolute Gasteiger partial charge is 0.306 e. The molecule has 1 atom stereocenters. The molecule has 6 heteroatoms. The highest BCUT2D eigenvalue weighted by Gasteiger charge is 2.19. The van der Waals surface area contributed by atoms with Crippen LogP contribution in [0.5, 0.6) is 0 Å². The third-order valence-electron chi connectivity index (χ3n) is 13.9. The number of hydrogen-bond acceptors (Lipinski definition) is 6. The van der Waals surface area contributed by atoms with Gasteiger partial charge in [-0.25, -0.2) is 0 Å². The molecule has 0 fully saturated rings. The molecule has 0 aliphatic carbocycles. The lowest BCUT2D eigenvalue weighted by Crippen LogP contribution is -2.30. The molecule has 450 valence electrons. The molecule has 0 radical (unpaired) electrons. The zero-order valence-corrected chi connectivity index (χ0v) is 51.6. The van der Waals surface area contributed by atoms with E-state index in [1.807, 2.05) is 0 Å². The highest BCUT2D eigenvalue weighted by atomic mass is 16.6. The Morgan fingerprint density at radius 1 is 0.266 bits per heavy atom. The molecule has 0 amide bonds. The summed E-state index contributed by atoms with van der Waals surface area (Å²) in [7, 11) is 0.